The number of carbonyl (C=O) groups excluding carboxylic acids is 2. The number of nitrogens with one attached hydrogen (secondary N) is 2. The zero-order chi connectivity index (χ0) is 18.8. The Hall–Kier alpha value is -3.22. The van der Waals surface area contributed by atoms with Crippen LogP contribution in [-0.4, -0.2) is 45.8 Å². The van der Waals surface area contributed by atoms with Crippen LogP contribution in [0.15, 0.2) is 48.8 Å². The van der Waals surface area contributed by atoms with E-state index in [1.807, 2.05) is 0 Å². The van der Waals surface area contributed by atoms with E-state index in [0.29, 0.717) is 31.5 Å². The van der Waals surface area contributed by atoms with Gasteiger partial charge in [-0.15, -0.1) is 0 Å². The molecule has 7 heteroatoms. The lowest BCUT2D eigenvalue weighted by atomic mass is 10.0. The van der Waals surface area contributed by atoms with Crippen molar-refractivity contribution in [3.63, 3.8) is 0 Å². The number of hydrogen-bond donors (Lipinski definition) is 2. The van der Waals surface area contributed by atoms with Crippen LogP contribution in [0.5, 0.6) is 0 Å². The molecule has 138 valence electrons. The minimum Gasteiger partial charge on any atom is -0.349 e. The maximum absolute atomic E-state index is 13.8. The third-order valence-corrected chi connectivity index (χ3v) is 4.90. The summed E-state index contributed by atoms with van der Waals surface area (Å²) in [4.78, 5) is 33.7. The van der Waals surface area contributed by atoms with E-state index < -0.39 is 5.82 Å². The standard InChI is InChI=1S/C20H19FN4O2/c21-16-4-2-1-3-15(16)20(27)25-9-7-14(8-10-25)24-19(26)13-5-6-17-18(11-13)23-12-22-17/h1-6,11-12,14H,7-10H2,(H,22,23)(H,24,26). The van der Waals surface area contributed by atoms with Crippen molar-refractivity contribution in [3.8, 4) is 0 Å². The number of H-pyrrole nitrogens is 1. The van der Waals surface area contributed by atoms with Crippen LogP contribution in [0.4, 0.5) is 4.39 Å². The summed E-state index contributed by atoms with van der Waals surface area (Å²) in [6, 6.07) is 11.3. The molecule has 1 saturated heterocycles. The maximum Gasteiger partial charge on any atom is 0.256 e. The van der Waals surface area contributed by atoms with Crippen LogP contribution in [-0.2, 0) is 0 Å². The molecule has 2 amide bonds. The van der Waals surface area contributed by atoms with E-state index in [1.165, 1.54) is 12.1 Å². The smallest absolute Gasteiger partial charge is 0.256 e. The predicted octanol–water partition coefficient (Wildman–Crippen LogP) is 2.74. The summed E-state index contributed by atoms with van der Waals surface area (Å²) < 4.78 is 13.8. The van der Waals surface area contributed by atoms with Crippen molar-refractivity contribution in [2.75, 3.05) is 13.1 Å². The van der Waals surface area contributed by atoms with E-state index in [0.717, 1.165) is 11.0 Å². The number of aromatic nitrogens is 2. The molecule has 0 bridgehead atoms. The third-order valence-electron chi connectivity index (χ3n) is 4.90. The second kappa shape index (κ2) is 7.19. The number of nitrogens with zero attached hydrogens (tertiary/aromatic N) is 2. The molecule has 0 atom stereocenters. The molecule has 2 aromatic carbocycles. The van der Waals surface area contributed by atoms with Crippen LogP contribution in [0, 0.1) is 5.82 Å². The molecule has 0 radical (unpaired) electrons. The first kappa shape index (κ1) is 17.2. The zero-order valence-electron chi connectivity index (χ0n) is 14.6. The first-order valence-corrected chi connectivity index (χ1v) is 8.89. The number of fused-ring (bicyclic) bond motifs is 1. The highest BCUT2D eigenvalue weighted by Crippen LogP contribution is 2.17. The minimum atomic E-state index is -0.507. The van der Waals surface area contributed by atoms with Gasteiger partial charge < -0.3 is 15.2 Å². The second-order valence-corrected chi connectivity index (χ2v) is 6.65. The van der Waals surface area contributed by atoms with Crippen molar-refractivity contribution < 1.29 is 14.0 Å². The molecule has 0 aliphatic carbocycles. The lowest BCUT2D eigenvalue weighted by molar-refractivity contribution is 0.0693. The van der Waals surface area contributed by atoms with E-state index in [4.69, 9.17) is 0 Å². The van der Waals surface area contributed by atoms with Gasteiger partial charge in [-0.25, -0.2) is 9.37 Å². The van der Waals surface area contributed by atoms with Crippen LogP contribution in [0.3, 0.4) is 0 Å². The topological polar surface area (TPSA) is 78.1 Å². The quantitative estimate of drug-likeness (QED) is 0.748. The van der Waals surface area contributed by atoms with E-state index in [2.05, 4.69) is 15.3 Å². The van der Waals surface area contributed by atoms with Crippen molar-refractivity contribution in [1.82, 2.24) is 20.2 Å². The SMILES string of the molecule is O=C(NC1CCN(C(=O)c2ccccc2F)CC1)c1ccc2nc[nH]c2c1. The fourth-order valence-corrected chi connectivity index (χ4v) is 3.38. The summed E-state index contributed by atoms with van der Waals surface area (Å²) in [6.45, 7) is 0.968. The van der Waals surface area contributed by atoms with Gasteiger partial charge in [-0.2, -0.15) is 0 Å². The van der Waals surface area contributed by atoms with Gasteiger partial charge in [-0.05, 0) is 43.2 Å². The molecule has 0 unspecified atom stereocenters. The van der Waals surface area contributed by atoms with E-state index in [9.17, 15) is 14.0 Å². The Morgan fingerprint density at radius 3 is 2.70 bits per heavy atom. The fourth-order valence-electron chi connectivity index (χ4n) is 3.38. The molecule has 4 rings (SSSR count). The van der Waals surface area contributed by atoms with Crippen LogP contribution in [0.2, 0.25) is 0 Å². The van der Waals surface area contributed by atoms with Crippen molar-refractivity contribution in [2.45, 2.75) is 18.9 Å². The first-order valence-electron chi connectivity index (χ1n) is 8.89. The highest BCUT2D eigenvalue weighted by molar-refractivity contribution is 5.97. The Morgan fingerprint density at radius 1 is 1.15 bits per heavy atom. The predicted molar refractivity (Wildman–Crippen MR) is 98.9 cm³/mol. The fraction of sp³-hybridized carbons (Fsp3) is 0.250. The van der Waals surface area contributed by atoms with Gasteiger partial charge in [0, 0.05) is 24.7 Å². The molecule has 1 aromatic heterocycles. The van der Waals surface area contributed by atoms with Gasteiger partial charge in [0.2, 0.25) is 0 Å². The summed E-state index contributed by atoms with van der Waals surface area (Å²) in [6.07, 6.45) is 2.87. The van der Waals surface area contributed by atoms with Gasteiger partial charge in [0.1, 0.15) is 5.82 Å². The molecular weight excluding hydrogens is 347 g/mol. The van der Waals surface area contributed by atoms with E-state index in [1.54, 1.807) is 41.6 Å². The molecule has 2 heterocycles. The summed E-state index contributed by atoms with van der Waals surface area (Å²) in [5.74, 6) is -0.958. The second-order valence-electron chi connectivity index (χ2n) is 6.65. The third kappa shape index (κ3) is 3.53. The normalized spacial score (nSPS) is 15.1. The number of hydrogen-bond acceptors (Lipinski definition) is 3. The number of piperidine rings is 1. The van der Waals surface area contributed by atoms with Crippen LogP contribution < -0.4 is 5.32 Å². The lowest BCUT2D eigenvalue weighted by Gasteiger charge is -2.32. The molecule has 0 saturated carbocycles. The Kier molecular flexibility index (Phi) is 4.58. The number of likely N-dealkylation sites (tertiary alicyclic amines) is 1. The Morgan fingerprint density at radius 2 is 1.93 bits per heavy atom. The van der Waals surface area contributed by atoms with Gasteiger partial charge in [0.05, 0.1) is 22.9 Å². The molecule has 6 nitrogen and oxygen atoms in total. The lowest BCUT2D eigenvalue weighted by Crippen LogP contribution is -2.46. The Bertz CT molecular complexity index is 992. The molecule has 1 aliphatic rings. The van der Waals surface area contributed by atoms with Crippen molar-refractivity contribution >= 4 is 22.8 Å². The largest absolute Gasteiger partial charge is 0.349 e. The molecule has 3 aromatic rings. The number of imidazole rings is 1. The Labute approximate surface area is 155 Å². The number of benzene rings is 2. The highest BCUT2D eigenvalue weighted by atomic mass is 19.1. The monoisotopic (exact) mass is 366 g/mol. The van der Waals surface area contributed by atoms with Gasteiger partial charge in [0.25, 0.3) is 11.8 Å². The highest BCUT2D eigenvalue weighted by Gasteiger charge is 2.26. The first-order chi connectivity index (χ1) is 13.1. The molecule has 1 aliphatic heterocycles. The summed E-state index contributed by atoms with van der Waals surface area (Å²) in [5.41, 5.74) is 2.28. The van der Waals surface area contributed by atoms with Crippen LogP contribution in [0.25, 0.3) is 11.0 Å². The molecule has 1 fully saturated rings. The Balaban J connectivity index is 1.35. The van der Waals surface area contributed by atoms with Gasteiger partial charge in [-0.3, -0.25) is 9.59 Å². The van der Waals surface area contributed by atoms with Crippen LogP contribution >= 0.6 is 0 Å². The summed E-state index contributed by atoms with van der Waals surface area (Å²) in [5, 5.41) is 3.02. The summed E-state index contributed by atoms with van der Waals surface area (Å²) in [7, 11) is 0. The number of carbonyl (C=O) groups is 2. The molecule has 0 spiro atoms. The summed E-state index contributed by atoms with van der Waals surface area (Å²) >= 11 is 0. The zero-order valence-corrected chi connectivity index (χ0v) is 14.6. The number of amides is 2. The van der Waals surface area contributed by atoms with E-state index >= 15 is 0 Å². The van der Waals surface area contributed by atoms with Crippen molar-refractivity contribution in [3.05, 3.63) is 65.7 Å². The van der Waals surface area contributed by atoms with Gasteiger partial charge >= 0.3 is 0 Å². The van der Waals surface area contributed by atoms with Gasteiger partial charge in [-0.1, -0.05) is 12.1 Å². The molecule has 2 N–H and O–H groups in total. The van der Waals surface area contributed by atoms with E-state index in [-0.39, 0.29) is 23.4 Å². The van der Waals surface area contributed by atoms with Crippen molar-refractivity contribution in [2.24, 2.45) is 0 Å². The average Bonchev–Trinajstić information content (AvgIpc) is 3.16. The van der Waals surface area contributed by atoms with Crippen molar-refractivity contribution in [1.29, 1.82) is 0 Å². The maximum atomic E-state index is 13.8. The minimum absolute atomic E-state index is 0.0142. The molecular formula is C20H19FN4O2. The van der Waals surface area contributed by atoms with Crippen LogP contribution in [0.1, 0.15) is 33.6 Å². The average molecular weight is 366 g/mol. The number of rotatable bonds is 3. The number of aromatic amines is 1. The molecule has 27 heavy (non-hydrogen) atoms. The van der Waals surface area contributed by atoms with Gasteiger partial charge in [0.15, 0.2) is 0 Å². The number of halogens is 1.